The summed E-state index contributed by atoms with van der Waals surface area (Å²) >= 11 is 3.51. The molecule has 1 fully saturated rings. The van der Waals surface area contributed by atoms with Gasteiger partial charge in [0.2, 0.25) is 5.95 Å². The standard InChI is InChI=1S/C14H16BrN3O/c1-9-8-18(14(16-9)17-11-4-5-11)12-7-10(15)3-6-13(12)19-2/h3,6-8,11H,4-5H2,1-2H3,(H,16,17). The number of nitrogens with zero attached hydrogens (tertiary/aromatic N) is 2. The molecule has 0 radical (unpaired) electrons. The largest absolute Gasteiger partial charge is 0.495 e. The molecule has 1 saturated carbocycles. The van der Waals surface area contributed by atoms with Crippen molar-refractivity contribution in [1.29, 1.82) is 0 Å². The van der Waals surface area contributed by atoms with E-state index in [1.54, 1.807) is 7.11 Å². The molecule has 3 rings (SSSR count). The fraction of sp³-hybridized carbons (Fsp3) is 0.357. The zero-order chi connectivity index (χ0) is 13.4. The van der Waals surface area contributed by atoms with Crippen LogP contribution in [0.5, 0.6) is 5.75 Å². The van der Waals surface area contributed by atoms with Gasteiger partial charge in [0.25, 0.3) is 0 Å². The van der Waals surface area contributed by atoms with Crippen LogP contribution in [-0.4, -0.2) is 22.7 Å². The van der Waals surface area contributed by atoms with Gasteiger partial charge in [0.05, 0.1) is 18.5 Å². The molecule has 0 bridgehead atoms. The van der Waals surface area contributed by atoms with Gasteiger partial charge in [0, 0.05) is 16.7 Å². The molecule has 0 amide bonds. The summed E-state index contributed by atoms with van der Waals surface area (Å²) in [5.74, 6) is 1.72. The highest BCUT2D eigenvalue weighted by molar-refractivity contribution is 9.10. The number of nitrogens with one attached hydrogen (secondary N) is 1. The van der Waals surface area contributed by atoms with Crippen molar-refractivity contribution in [2.24, 2.45) is 0 Å². The second kappa shape index (κ2) is 4.89. The number of rotatable bonds is 4. The summed E-state index contributed by atoms with van der Waals surface area (Å²) < 4.78 is 8.52. The smallest absolute Gasteiger partial charge is 0.208 e. The van der Waals surface area contributed by atoms with Crippen molar-refractivity contribution in [3.05, 3.63) is 34.6 Å². The molecule has 100 valence electrons. The van der Waals surface area contributed by atoms with Gasteiger partial charge in [-0.1, -0.05) is 15.9 Å². The first kappa shape index (κ1) is 12.5. The SMILES string of the molecule is COc1ccc(Br)cc1-n1cc(C)nc1NC1CC1. The van der Waals surface area contributed by atoms with E-state index in [9.17, 15) is 0 Å². The quantitative estimate of drug-likeness (QED) is 0.936. The Morgan fingerprint density at radius 2 is 2.21 bits per heavy atom. The minimum absolute atomic E-state index is 0.568. The van der Waals surface area contributed by atoms with Crippen molar-refractivity contribution in [3.63, 3.8) is 0 Å². The zero-order valence-electron chi connectivity index (χ0n) is 11.0. The summed E-state index contributed by atoms with van der Waals surface area (Å²) in [7, 11) is 1.69. The highest BCUT2D eigenvalue weighted by Crippen LogP contribution is 2.31. The van der Waals surface area contributed by atoms with Crippen molar-refractivity contribution >= 4 is 21.9 Å². The molecule has 1 aliphatic rings. The summed E-state index contributed by atoms with van der Waals surface area (Å²) in [6.45, 7) is 2.00. The van der Waals surface area contributed by atoms with E-state index in [1.807, 2.05) is 31.3 Å². The summed E-state index contributed by atoms with van der Waals surface area (Å²) in [6, 6.07) is 6.53. The molecule has 1 heterocycles. The second-order valence-electron chi connectivity index (χ2n) is 4.81. The Morgan fingerprint density at radius 1 is 1.42 bits per heavy atom. The maximum Gasteiger partial charge on any atom is 0.208 e. The van der Waals surface area contributed by atoms with Crippen LogP contribution >= 0.6 is 15.9 Å². The monoisotopic (exact) mass is 321 g/mol. The number of halogens is 1. The lowest BCUT2D eigenvalue weighted by atomic mass is 10.3. The van der Waals surface area contributed by atoms with E-state index in [2.05, 4.69) is 30.8 Å². The number of aryl methyl sites for hydroxylation is 1. The first-order valence-electron chi connectivity index (χ1n) is 6.34. The van der Waals surface area contributed by atoms with Crippen molar-refractivity contribution in [1.82, 2.24) is 9.55 Å². The highest BCUT2D eigenvalue weighted by atomic mass is 79.9. The van der Waals surface area contributed by atoms with Gasteiger partial charge in [0.1, 0.15) is 5.75 Å². The van der Waals surface area contributed by atoms with Crippen LogP contribution in [0, 0.1) is 6.92 Å². The van der Waals surface area contributed by atoms with Gasteiger partial charge < -0.3 is 10.1 Å². The van der Waals surface area contributed by atoms with Gasteiger partial charge in [-0.15, -0.1) is 0 Å². The second-order valence-corrected chi connectivity index (χ2v) is 5.73. The number of methoxy groups -OCH3 is 1. The average Bonchev–Trinajstić information content (AvgIpc) is 3.12. The molecular weight excluding hydrogens is 306 g/mol. The number of anilines is 1. The molecule has 4 nitrogen and oxygen atoms in total. The van der Waals surface area contributed by atoms with E-state index < -0.39 is 0 Å². The van der Waals surface area contributed by atoms with Crippen LogP contribution in [0.4, 0.5) is 5.95 Å². The van der Waals surface area contributed by atoms with E-state index in [0.29, 0.717) is 6.04 Å². The Bertz CT molecular complexity index is 605. The van der Waals surface area contributed by atoms with Crippen LogP contribution in [-0.2, 0) is 0 Å². The van der Waals surface area contributed by atoms with Crippen molar-refractivity contribution in [3.8, 4) is 11.4 Å². The van der Waals surface area contributed by atoms with Crippen LogP contribution < -0.4 is 10.1 Å². The van der Waals surface area contributed by atoms with Crippen molar-refractivity contribution in [2.45, 2.75) is 25.8 Å². The summed E-state index contributed by atoms with van der Waals surface area (Å²) in [5, 5.41) is 3.46. The van der Waals surface area contributed by atoms with Crippen molar-refractivity contribution in [2.75, 3.05) is 12.4 Å². The Kier molecular flexibility index (Phi) is 3.22. The number of ether oxygens (including phenoxy) is 1. The lowest BCUT2D eigenvalue weighted by Gasteiger charge is -2.13. The van der Waals surface area contributed by atoms with Gasteiger partial charge in [0.15, 0.2) is 0 Å². The summed E-state index contributed by atoms with van der Waals surface area (Å²) in [4.78, 5) is 4.55. The Morgan fingerprint density at radius 3 is 2.89 bits per heavy atom. The number of hydrogen-bond acceptors (Lipinski definition) is 3. The Labute approximate surface area is 120 Å². The van der Waals surface area contributed by atoms with Gasteiger partial charge in [-0.3, -0.25) is 4.57 Å². The average molecular weight is 322 g/mol. The first-order valence-corrected chi connectivity index (χ1v) is 7.13. The molecule has 5 heteroatoms. The van der Waals surface area contributed by atoms with Gasteiger partial charge in [-0.2, -0.15) is 0 Å². The molecule has 1 aromatic heterocycles. The number of hydrogen-bond donors (Lipinski definition) is 1. The first-order chi connectivity index (χ1) is 9.17. The molecule has 1 N–H and O–H groups in total. The highest BCUT2D eigenvalue weighted by Gasteiger charge is 2.23. The molecule has 2 aromatic rings. The van der Waals surface area contributed by atoms with E-state index in [1.165, 1.54) is 12.8 Å². The third-order valence-electron chi connectivity index (χ3n) is 3.14. The fourth-order valence-corrected chi connectivity index (χ4v) is 2.39. The molecule has 0 aliphatic heterocycles. The van der Waals surface area contributed by atoms with Crippen LogP contribution in [0.25, 0.3) is 5.69 Å². The van der Waals surface area contributed by atoms with Gasteiger partial charge >= 0.3 is 0 Å². The maximum absolute atomic E-state index is 5.44. The summed E-state index contributed by atoms with van der Waals surface area (Å²) in [5.41, 5.74) is 1.98. The minimum Gasteiger partial charge on any atom is -0.495 e. The van der Waals surface area contributed by atoms with Crippen molar-refractivity contribution < 1.29 is 4.74 Å². The van der Waals surface area contributed by atoms with Crippen LogP contribution in [0.3, 0.4) is 0 Å². The van der Waals surface area contributed by atoms with E-state index >= 15 is 0 Å². The zero-order valence-corrected chi connectivity index (χ0v) is 12.6. The van der Waals surface area contributed by atoms with Crippen LogP contribution in [0.2, 0.25) is 0 Å². The minimum atomic E-state index is 0.568. The number of imidazole rings is 1. The van der Waals surface area contributed by atoms with E-state index in [4.69, 9.17) is 4.74 Å². The lowest BCUT2D eigenvalue weighted by Crippen LogP contribution is -2.08. The van der Waals surface area contributed by atoms with Gasteiger partial charge in [-0.05, 0) is 38.0 Å². The predicted octanol–water partition coefficient (Wildman–Crippen LogP) is 3.53. The molecule has 1 aromatic carbocycles. The van der Waals surface area contributed by atoms with Crippen LogP contribution in [0.15, 0.2) is 28.9 Å². The van der Waals surface area contributed by atoms with E-state index in [-0.39, 0.29) is 0 Å². The topological polar surface area (TPSA) is 39.1 Å². The molecule has 0 saturated heterocycles. The molecule has 0 spiro atoms. The number of benzene rings is 1. The fourth-order valence-electron chi connectivity index (χ4n) is 2.04. The molecule has 19 heavy (non-hydrogen) atoms. The Hall–Kier alpha value is -1.49. The van der Waals surface area contributed by atoms with E-state index in [0.717, 1.165) is 27.6 Å². The van der Waals surface area contributed by atoms with Crippen LogP contribution in [0.1, 0.15) is 18.5 Å². The summed E-state index contributed by atoms with van der Waals surface area (Å²) in [6.07, 6.45) is 4.47. The Balaban J connectivity index is 2.07. The molecule has 1 aliphatic carbocycles. The molecule has 0 unspecified atom stereocenters. The maximum atomic E-state index is 5.44. The third-order valence-corrected chi connectivity index (χ3v) is 3.63. The van der Waals surface area contributed by atoms with Gasteiger partial charge in [-0.25, -0.2) is 4.98 Å². The normalized spacial score (nSPS) is 14.5. The molecular formula is C14H16BrN3O. The molecule has 0 atom stereocenters. The third kappa shape index (κ3) is 2.61. The number of aromatic nitrogens is 2. The predicted molar refractivity (Wildman–Crippen MR) is 79.2 cm³/mol. The lowest BCUT2D eigenvalue weighted by molar-refractivity contribution is 0.413.